The van der Waals surface area contributed by atoms with Crippen LogP contribution in [0.25, 0.3) is 0 Å². The molecular formula is C25H32N4O3S. The van der Waals surface area contributed by atoms with Gasteiger partial charge in [-0.25, -0.2) is 18.1 Å². The SMILES string of the molecule is Cc1c(C)c(C)c(S(=O)(=O)NCCC(=O)NCc2ccc(Cn3ccnc3)cc2)c(C)c1C. The second kappa shape index (κ2) is 10.3. The summed E-state index contributed by atoms with van der Waals surface area (Å²) < 4.78 is 30.5. The number of hydrogen-bond acceptors (Lipinski definition) is 4. The number of imidazole rings is 1. The molecule has 0 saturated carbocycles. The van der Waals surface area contributed by atoms with Crippen LogP contribution in [0.3, 0.4) is 0 Å². The number of sulfonamides is 1. The van der Waals surface area contributed by atoms with E-state index < -0.39 is 10.0 Å². The Morgan fingerprint density at radius 2 is 1.48 bits per heavy atom. The highest BCUT2D eigenvalue weighted by Crippen LogP contribution is 2.29. The first kappa shape index (κ1) is 24.7. The van der Waals surface area contributed by atoms with E-state index in [0.29, 0.717) is 11.4 Å². The molecule has 0 atom stereocenters. The van der Waals surface area contributed by atoms with Gasteiger partial charge in [-0.2, -0.15) is 0 Å². The number of benzene rings is 2. The molecule has 0 saturated heterocycles. The van der Waals surface area contributed by atoms with E-state index in [-0.39, 0.29) is 18.9 Å². The summed E-state index contributed by atoms with van der Waals surface area (Å²) in [7, 11) is -3.71. The Kier molecular flexibility index (Phi) is 7.71. The third-order valence-corrected chi connectivity index (χ3v) is 8.02. The largest absolute Gasteiger partial charge is 0.352 e. The van der Waals surface area contributed by atoms with Crippen molar-refractivity contribution in [3.8, 4) is 0 Å². The molecule has 0 fully saturated rings. The number of nitrogens with zero attached hydrogens (tertiary/aromatic N) is 2. The smallest absolute Gasteiger partial charge is 0.241 e. The first-order chi connectivity index (χ1) is 15.6. The van der Waals surface area contributed by atoms with Crippen molar-refractivity contribution < 1.29 is 13.2 Å². The molecule has 0 spiro atoms. The van der Waals surface area contributed by atoms with Gasteiger partial charge in [0.1, 0.15) is 0 Å². The van der Waals surface area contributed by atoms with E-state index in [1.165, 1.54) is 0 Å². The summed E-state index contributed by atoms with van der Waals surface area (Å²) in [6, 6.07) is 7.99. The molecule has 0 aliphatic heterocycles. The molecule has 8 heteroatoms. The van der Waals surface area contributed by atoms with E-state index in [1.807, 2.05) is 69.6 Å². The minimum Gasteiger partial charge on any atom is -0.352 e. The molecule has 1 amide bonds. The van der Waals surface area contributed by atoms with Gasteiger partial charge in [0.05, 0.1) is 11.2 Å². The minimum absolute atomic E-state index is 0.0445. The maximum atomic E-state index is 12.9. The van der Waals surface area contributed by atoms with Crippen molar-refractivity contribution >= 4 is 15.9 Å². The zero-order chi connectivity index (χ0) is 24.2. The van der Waals surface area contributed by atoms with Crippen LogP contribution in [-0.2, 0) is 27.9 Å². The fraction of sp³-hybridized carbons (Fsp3) is 0.360. The highest BCUT2D eigenvalue weighted by molar-refractivity contribution is 7.89. The van der Waals surface area contributed by atoms with E-state index in [2.05, 4.69) is 15.0 Å². The lowest BCUT2D eigenvalue weighted by Gasteiger charge is -2.19. The van der Waals surface area contributed by atoms with Crippen LogP contribution < -0.4 is 10.0 Å². The zero-order valence-electron chi connectivity index (χ0n) is 19.9. The number of carbonyl (C=O) groups is 1. The maximum Gasteiger partial charge on any atom is 0.241 e. The van der Waals surface area contributed by atoms with Gasteiger partial charge in [0.25, 0.3) is 0 Å². The molecule has 0 bridgehead atoms. The molecule has 2 N–H and O–H groups in total. The van der Waals surface area contributed by atoms with Crippen LogP contribution in [0, 0.1) is 34.6 Å². The van der Waals surface area contributed by atoms with Gasteiger partial charge in [-0.15, -0.1) is 0 Å². The quantitative estimate of drug-likeness (QED) is 0.503. The molecule has 3 aromatic rings. The summed E-state index contributed by atoms with van der Waals surface area (Å²) in [4.78, 5) is 16.6. The lowest BCUT2D eigenvalue weighted by atomic mass is 9.95. The Labute approximate surface area is 196 Å². The van der Waals surface area contributed by atoms with E-state index in [0.717, 1.165) is 45.5 Å². The summed E-state index contributed by atoms with van der Waals surface area (Å²) in [5.41, 5.74) is 6.70. The lowest BCUT2D eigenvalue weighted by Crippen LogP contribution is -2.31. The molecular weight excluding hydrogens is 436 g/mol. The molecule has 2 aromatic carbocycles. The van der Waals surface area contributed by atoms with Crippen LogP contribution in [-0.4, -0.2) is 30.4 Å². The van der Waals surface area contributed by atoms with Gasteiger partial charge in [-0.3, -0.25) is 4.79 Å². The Morgan fingerprint density at radius 3 is 2.06 bits per heavy atom. The number of hydrogen-bond donors (Lipinski definition) is 2. The summed E-state index contributed by atoms with van der Waals surface area (Å²) in [5.74, 6) is -0.204. The average Bonchev–Trinajstić information content (AvgIpc) is 3.29. The normalized spacial score (nSPS) is 11.5. The molecule has 1 aromatic heterocycles. The van der Waals surface area contributed by atoms with Crippen molar-refractivity contribution in [1.29, 1.82) is 0 Å². The van der Waals surface area contributed by atoms with Crippen LogP contribution >= 0.6 is 0 Å². The van der Waals surface area contributed by atoms with Crippen molar-refractivity contribution in [2.24, 2.45) is 0 Å². The molecule has 176 valence electrons. The van der Waals surface area contributed by atoms with Crippen molar-refractivity contribution in [2.75, 3.05) is 6.54 Å². The third kappa shape index (κ3) is 5.89. The fourth-order valence-corrected chi connectivity index (χ4v) is 5.51. The Bertz CT molecular complexity index is 1200. The lowest BCUT2D eigenvalue weighted by molar-refractivity contribution is -0.121. The molecule has 0 radical (unpaired) electrons. The maximum absolute atomic E-state index is 12.9. The number of amides is 1. The van der Waals surface area contributed by atoms with Crippen molar-refractivity contribution in [3.63, 3.8) is 0 Å². The van der Waals surface area contributed by atoms with E-state index in [1.54, 1.807) is 12.5 Å². The summed E-state index contributed by atoms with van der Waals surface area (Å²) in [6.07, 6.45) is 5.49. The standard InChI is InChI=1S/C25H32N4O3S/c1-17-18(2)20(4)25(21(5)19(17)3)33(31,32)28-11-10-24(30)27-14-22-6-8-23(9-7-22)15-29-13-12-26-16-29/h6-9,12-13,16,28H,10-11,14-15H2,1-5H3,(H,27,30). The number of rotatable bonds is 9. The van der Waals surface area contributed by atoms with Gasteiger partial charge in [0.15, 0.2) is 0 Å². The fourth-order valence-electron chi connectivity index (χ4n) is 3.88. The number of aromatic nitrogens is 2. The van der Waals surface area contributed by atoms with Crippen LogP contribution in [0.1, 0.15) is 45.4 Å². The van der Waals surface area contributed by atoms with Gasteiger partial charge >= 0.3 is 0 Å². The van der Waals surface area contributed by atoms with Gasteiger partial charge in [-0.1, -0.05) is 24.3 Å². The highest BCUT2D eigenvalue weighted by Gasteiger charge is 2.23. The van der Waals surface area contributed by atoms with Crippen molar-refractivity contribution in [2.45, 2.75) is 59.0 Å². The second-order valence-electron chi connectivity index (χ2n) is 8.43. The van der Waals surface area contributed by atoms with E-state index in [4.69, 9.17) is 0 Å². The minimum atomic E-state index is -3.71. The molecule has 0 aliphatic carbocycles. The van der Waals surface area contributed by atoms with Crippen LogP contribution in [0.4, 0.5) is 0 Å². The first-order valence-corrected chi connectivity index (χ1v) is 12.5. The number of nitrogens with one attached hydrogen (secondary N) is 2. The summed E-state index contributed by atoms with van der Waals surface area (Å²) >= 11 is 0. The Morgan fingerprint density at radius 1 is 0.909 bits per heavy atom. The van der Waals surface area contributed by atoms with Crippen LogP contribution in [0.15, 0.2) is 47.9 Å². The molecule has 7 nitrogen and oxygen atoms in total. The van der Waals surface area contributed by atoms with Gasteiger partial charge in [-0.05, 0) is 73.6 Å². The molecule has 0 aliphatic rings. The Balaban J connectivity index is 1.51. The molecule has 33 heavy (non-hydrogen) atoms. The van der Waals surface area contributed by atoms with E-state index >= 15 is 0 Å². The monoisotopic (exact) mass is 468 g/mol. The molecule has 3 rings (SSSR count). The van der Waals surface area contributed by atoms with Gasteiger partial charge < -0.3 is 9.88 Å². The Hall–Kier alpha value is -2.97. The summed E-state index contributed by atoms with van der Waals surface area (Å²) in [6.45, 7) is 10.7. The van der Waals surface area contributed by atoms with Gasteiger partial charge in [0.2, 0.25) is 15.9 Å². The third-order valence-electron chi connectivity index (χ3n) is 6.28. The number of carbonyl (C=O) groups excluding carboxylic acids is 1. The first-order valence-electron chi connectivity index (χ1n) is 11.0. The predicted molar refractivity (Wildman–Crippen MR) is 130 cm³/mol. The highest BCUT2D eigenvalue weighted by atomic mass is 32.2. The predicted octanol–water partition coefficient (Wildman–Crippen LogP) is 3.46. The van der Waals surface area contributed by atoms with Crippen LogP contribution in [0.5, 0.6) is 0 Å². The van der Waals surface area contributed by atoms with Gasteiger partial charge in [0, 0.05) is 38.4 Å². The van der Waals surface area contributed by atoms with Crippen LogP contribution in [0.2, 0.25) is 0 Å². The topological polar surface area (TPSA) is 93.1 Å². The zero-order valence-corrected chi connectivity index (χ0v) is 20.7. The molecule has 0 unspecified atom stereocenters. The summed E-state index contributed by atoms with van der Waals surface area (Å²) in [5, 5.41) is 2.85. The second-order valence-corrected chi connectivity index (χ2v) is 10.1. The van der Waals surface area contributed by atoms with Crippen molar-refractivity contribution in [1.82, 2.24) is 19.6 Å². The molecule has 1 heterocycles. The average molecular weight is 469 g/mol. The van der Waals surface area contributed by atoms with E-state index in [9.17, 15) is 13.2 Å². The van der Waals surface area contributed by atoms with Crippen molar-refractivity contribution in [3.05, 3.63) is 81.9 Å².